The fourth-order valence-corrected chi connectivity index (χ4v) is 3.07. The average Bonchev–Trinajstić information content (AvgIpc) is 2.71. The van der Waals surface area contributed by atoms with Crippen molar-refractivity contribution < 1.29 is 19.8 Å². The smallest absolute Gasteiger partial charge is 0.414 e. The Kier molecular flexibility index (Phi) is 9.10. The van der Waals surface area contributed by atoms with Crippen LogP contribution in [0, 0.1) is 0 Å². The number of aliphatic carboxylic acids is 2. The van der Waals surface area contributed by atoms with E-state index in [2.05, 4.69) is 51.2 Å². The highest BCUT2D eigenvalue weighted by atomic mass is 16.4. The molecule has 0 spiro atoms. The number of carboxylic acids is 2. The van der Waals surface area contributed by atoms with Gasteiger partial charge in [-0.05, 0) is 36.6 Å². The number of rotatable bonds is 6. The summed E-state index contributed by atoms with van der Waals surface area (Å²) in [7, 11) is 0. The van der Waals surface area contributed by atoms with E-state index in [0.717, 1.165) is 6.54 Å². The molecule has 0 atom stereocenters. The lowest BCUT2D eigenvalue weighted by molar-refractivity contribution is -0.159. The molecule has 0 aliphatic carbocycles. The number of carbonyl (C=O) groups is 2. The van der Waals surface area contributed by atoms with Crippen LogP contribution < -0.4 is 0 Å². The van der Waals surface area contributed by atoms with Crippen molar-refractivity contribution in [3.8, 4) is 0 Å². The summed E-state index contributed by atoms with van der Waals surface area (Å²) >= 11 is 0. The Morgan fingerprint density at radius 1 is 0.857 bits per heavy atom. The molecule has 1 aliphatic rings. The fourth-order valence-electron chi connectivity index (χ4n) is 3.07. The second-order valence-corrected chi connectivity index (χ2v) is 6.68. The van der Waals surface area contributed by atoms with Gasteiger partial charge < -0.3 is 15.1 Å². The summed E-state index contributed by atoms with van der Waals surface area (Å²) in [6, 6.07) is 15.0. The van der Waals surface area contributed by atoms with Gasteiger partial charge in [-0.2, -0.15) is 0 Å². The van der Waals surface area contributed by atoms with Crippen molar-refractivity contribution in [3.63, 3.8) is 0 Å². The first-order chi connectivity index (χ1) is 13.5. The second-order valence-electron chi connectivity index (χ2n) is 6.68. The molecular weight excluding hydrogens is 358 g/mol. The van der Waals surface area contributed by atoms with Crippen molar-refractivity contribution in [3.05, 3.63) is 66.0 Å². The quantitative estimate of drug-likeness (QED) is 0.735. The zero-order valence-electron chi connectivity index (χ0n) is 15.9. The van der Waals surface area contributed by atoms with E-state index in [1.54, 1.807) is 0 Å². The standard InChI is InChI=1S/C19H25N3.C2H2O4/c1-2-6-18(7-3-1)9-5-11-21-12-14-22(15-13-21)17-19-8-4-10-20-16-19;3-1(4)2(5)6/h1-4,6-8,10,16H,5,9,11-15,17H2;(H,3,4)(H,5,6). The van der Waals surface area contributed by atoms with Gasteiger partial charge in [0.2, 0.25) is 0 Å². The summed E-state index contributed by atoms with van der Waals surface area (Å²) in [6.07, 6.45) is 6.27. The van der Waals surface area contributed by atoms with E-state index in [-0.39, 0.29) is 0 Å². The van der Waals surface area contributed by atoms with Crippen LogP contribution in [0.1, 0.15) is 17.5 Å². The maximum Gasteiger partial charge on any atom is 0.414 e. The lowest BCUT2D eigenvalue weighted by atomic mass is 10.1. The Morgan fingerprint density at radius 2 is 1.46 bits per heavy atom. The van der Waals surface area contributed by atoms with E-state index in [0.29, 0.717) is 0 Å². The fraction of sp³-hybridized carbons (Fsp3) is 0.381. The molecule has 0 unspecified atom stereocenters. The first-order valence-corrected chi connectivity index (χ1v) is 9.38. The van der Waals surface area contributed by atoms with E-state index in [4.69, 9.17) is 19.8 Å². The molecule has 28 heavy (non-hydrogen) atoms. The molecule has 0 amide bonds. The SMILES string of the molecule is O=C(O)C(=O)O.c1ccc(CCCN2CCN(Cc3cccnc3)CC2)cc1. The van der Waals surface area contributed by atoms with Crippen molar-refractivity contribution in [1.82, 2.24) is 14.8 Å². The minimum Gasteiger partial charge on any atom is -0.473 e. The predicted octanol–water partition coefficient (Wildman–Crippen LogP) is 1.99. The molecular formula is C21H27N3O4. The summed E-state index contributed by atoms with van der Waals surface area (Å²) in [5.74, 6) is -3.65. The van der Waals surface area contributed by atoms with Gasteiger partial charge in [0, 0.05) is 45.1 Å². The zero-order chi connectivity index (χ0) is 20.2. The summed E-state index contributed by atoms with van der Waals surface area (Å²) in [6.45, 7) is 6.96. The Hall–Kier alpha value is -2.77. The van der Waals surface area contributed by atoms with Crippen LogP contribution in [0.25, 0.3) is 0 Å². The first kappa shape index (κ1) is 21.5. The van der Waals surface area contributed by atoms with Gasteiger partial charge in [0.25, 0.3) is 0 Å². The van der Waals surface area contributed by atoms with Crippen LogP contribution in [-0.4, -0.2) is 69.7 Å². The Bertz CT molecular complexity index is 705. The number of nitrogens with zero attached hydrogens (tertiary/aromatic N) is 3. The van der Waals surface area contributed by atoms with Crippen LogP contribution in [-0.2, 0) is 22.6 Å². The highest BCUT2D eigenvalue weighted by Gasteiger charge is 2.16. The van der Waals surface area contributed by atoms with E-state index in [1.165, 1.54) is 56.7 Å². The van der Waals surface area contributed by atoms with Gasteiger partial charge in [0.05, 0.1) is 0 Å². The van der Waals surface area contributed by atoms with Crippen molar-refractivity contribution in [2.24, 2.45) is 0 Å². The van der Waals surface area contributed by atoms with Gasteiger partial charge in [-0.15, -0.1) is 0 Å². The molecule has 0 bridgehead atoms. The summed E-state index contributed by atoms with van der Waals surface area (Å²) < 4.78 is 0. The number of hydrogen-bond donors (Lipinski definition) is 2. The van der Waals surface area contributed by atoms with Gasteiger partial charge in [0.1, 0.15) is 0 Å². The lowest BCUT2D eigenvalue weighted by Crippen LogP contribution is -2.46. The molecule has 0 radical (unpaired) electrons. The average molecular weight is 385 g/mol. The maximum absolute atomic E-state index is 9.10. The lowest BCUT2D eigenvalue weighted by Gasteiger charge is -2.34. The molecule has 3 rings (SSSR count). The summed E-state index contributed by atoms with van der Waals surface area (Å²) in [5, 5.41) is 14.8. The van der Waals surface area contributed by atoms with E-state index < -0.39 is 11.9 Å². The topological polar surface area (TPSA) is 94.0 Å². The largest absolute Gasteiger partial charge is 0.473 e. The molecule has 2 heterocycles. The van der Waals surface area contributed by atoms with Gasteiger partial charge in [-0.1, -0.05) is 36.4 Å². The Morgan fingerprint density at radius 3 is 2.04 bits per heavy atom. The number of carboxylic acid groups (broad SMARTS) is 2. The molecule has 150 valence electrons. The number of hydrogen-bond acceptors (Lipinski definition) is 5. The highest BCUT2D eigenvalue weighted by molar-refractivity contribution is 6.27. The van der Waals surface area contributed by atoms with Crippen LogP contribution in [0.3, 0.4) is 0 Å². The predicted molar refractivity (Wildman–Crippen MR) is 106 cm³/mol. The highest BCUT2D eigenvalue weighted by Crippen LogP contribution is 2.09. The van der Waals surface area contributed by atoms with E-state index in [1.807, 2.05) is 18.5 Å². The van der Waals surface area contributed by atoms with Crippen LogP contribution in [0.5, 0.6) is 0 Å². The third kappa shape index (κ3) is 8.28. The number of benzene rings is 1. The molecule has 2 aromatic rings. The number of aryl methyl sites for hydroxylation is 1. The molecule has 7 nitrogen and oxygen atoms in total. The van der Waals surface area contributed by atoms with E-state index >= 15 is 0 Å². The van der Waals surface area contributed by atoms with Crippen molar-refractivity contribution in [2.45, 2.75) is 19.4 Å². The minimum absolute atomic E-state index is 1.03. The molecule has 7 heteroatoms. The molecule has 0 saturated carbocycles. The molecule has 1 aliphatic heterocycles. The van der Waals surface area contributed by atoms with Gasteiger partial charge in [-0.3, -0.25) is 9.88 Å². The first-order valence-electron chi connectivity index (χ1n) is 9.38. The number of pyridine rings is 1. The normalized spacial score (nSPS) is 14.7. The van der Waals surface area contributed by atoms with Crippen molar-refractivity contribution in [1.29, 1.82) is 0 Å². The Labute approximate surface area is 165 Å². The molecule has 1 saturated heterocycles. The van der Waals surface area contributed by atoms with Crippen molar-refractivity contribution in [2.75, 3.05) is 32.7 Å². The summed E-state index contributed by atoms with van der Waals surface area (Å²) in [4.78, 5) is 27.5. The Balaban J connectivity index is 0.000000409. The number of piperazine rings is 1. The van der Waals surface area contributed by atoms with Gasteiger partial charge in [0.15, 0.2) is 0 Å². The summed E-state index contributed by atoms with van der Waals surface area (Å²) in [5.41, 5.74) is 2.78. The monoisotopic (exact) mass is 385 g/mol. The van der Waals surface area contributed by atoms with Crippen LogP contribution >= 0.6 is 0 Å². The van der Waals surface area contributed by atoms with Gasteiger partial charge in [-0.25, -0.2) is 9.59 Å². The van der Waals surface area contributed by atoms with Gasteiger partial charge >= 0.3 is 11.9 Å². The molecule has 2 N–H and O–H groups in total. The van der Waals surface area contributed by atoms with Crippen LogP contribution in [0.15, 0.2) is 54.9 Å². The van der Waals surface area contributed by atoms with Crippen LogP contribution in [0.4, 0.5) is 0 Å². The second kappa shape index (κ2) is 11.8. The van der Waals surface area contributed by atoms with Crippen LogP contribution in [0.2, 0.25) is 0 Å². The third-order valence-electron chi connectivity index (χ3n) is 4.56. The number of aromatic nitrogens is 1. The van der Waals surface area contributed by atoms with E-state index in [9.17, 15) is 0 Å². The maximum atomic E-state index is 9.10. The molecule has 1 fully saturated rings. The van der Waals surface area contributed by atoms with Crippen molar-refractivity contribution >= 4 is 11.9 Å². The zero-order valence-corrected chi connectivity index (χ0v) is 15.9. The molecule has 1 aromatic heterocycles. The third-order valence-corrected chi connectivity index (χ3v) is 4.56. The molecule has 1 aromatic carbocycles. The minimum atomic E-state index is -1.82.